The van der Waals surface area contributed by atoms with E-state index in [0.29, 0.717) is 5.11 Å². The van der Waals surface area contributed by atoms with Gasteiger partial charge in [0.25, 0.3) is 0 Å². The Hall–Kier alpha value is -2.33. The van der Waals surface area contributed by atoms with Gasteiger partial charge in [-0.05, 0) is 68.4 Å². The Morgan fingerprint density at radius 2 is 1.74 bits per heavy atom. The maximum absolute atomic E-state index is 5.87. The Morgan fingerprint density at radius 3 is 2.43 bits per heavy atom. The zero-order valence-electron chi connectivity index (χ0n) is 13.5. The van der Waals surface area contributed by atoms with Crippen LogP contribution in [-0.4, -0.2) is 5.11 Å². The highest BCUT2D eigenvalue weighted by molar-refractivity contribution is 7.80. The topological polar surface area (TPSA) is 37.2 Å². The van der Waals surface area contributed by atoms with Crippen molar-refractivity contribution < 1.29 is 4.42 Å². The number of rotatable bonds is 3. The first-order chi connectivity index (χ1) is 11.0. The third kappa shape index (κ3) is 3.71. The molecule has 1 aromatic heterocycles. The molecule has 0 spiro atoms. The average Bonchev–Trinajstić information content (AvgIpc) is 2.89. The number of aryl methyl sites for hydroxylation is 2. The summed E-state index contributed by atoms with van der Waals surface area (Å²) in [5.41, 5.74) is 4.31. The summed E-state index contributed by atoms with van der Waals surface area (Å²) in [6.45, 7) is 6.19. The third-order valence-corrected chi connectivity index (χ3v) is 3.92. The molecular weight excluding hydrogens is 304 g/mol. The van der Waals surface area contributed by atoms with E-state index >= 15 is 0 Å². The molecule has 1 heterocycles. The van der Waals surface area contributed by atoms with Crippen LogP contribution in [0.2, 0.25) is 0 Å². The number of benzene rings is 2. The van der Waals surface area contributed by atoms with Gasteiger partial charge in [-0.2, -0.15) is 0 Å². The molecule has 3 nitrogen and oxygen atoms in total. The quantitative estimate of drug-likeness (QED) is 0.658. The van der Waals surface area contributed by atoms with Crippen LogP contribution in [-0.2, 0) is 0 Å². The molecule has 0 bridgehead atoms. The van der Waals surface area contributed by atoms with Crippen LogP contribution in [0.4, 0.5) is 5.69 Å². The molecule has 0 unspecified atom stereocenters. The molecule has 0 saturated carbocycles. The molecule has 3 aromatic rings. The molecule has 0 aliphatic carbocycles. The van der Waals surface area contributed by atoms with Gasteiger partial charge in [-0.3, -0.25) is 0 Å². The highest BCUT2D eigenvalue weighted by Gasteiger charge is 2.12. The van der Waals surface area contributed by atoms with Gasteiger partial charge in [-0.1, -0.05) is 24.3 Å². The number of para-hydroxylation sites is 1. The normalized spacial score (nSPS) is 12.1. The van der Waals surface area contributed by atoms with Gasteiger partial charge in [0.05, 0.1) is 6.04 Å². The Labute approximate surface area is 141 Å². The zero-order chi connectivity index (χ0) is 16.4. The summed E-state index contributed by atoms with van der Waals surface area (Å²) >= 11 is 5.42. The maximum atomic E-state index is 5.87. The van der Waals surface area contributed by atoms with E-state index in [1.165, 1.54) is 11.1 Å². The fourth-order valence-corrected chi connectivity index (χ4v) is 2.99. The summed E-state index contributed by atoms with van der Waals surface area (Å²) in [7, 11) is 0. The van der Waals surface area contributed by atoms with Crippen molar-refractivity contribution in [1.29, 1.82) is 0 Å². The van der Waals surface area contributed by atoms with E-state index in [2.05, 4.69) is 42.7 Å². The number of hydrogen-bond acceptors (Lipinski definition) is 2. The first kappa shape index (κ1) is 15.6. The van der Waals surface area contributed by atoms with Gasteiger partial charge < -0.3 is 15.1 Å². The number of anilines is 1. The van der Waals surface area contributed by atoms with Crippen molar-refractivity contribution in [2.45, 2.75) is 26.8 Å². The minimum Gasteiger partial charge on any atom is -0.459 e. The number of thiocarbonyl (C=S) groups is 1. The van der Waals surface area contributed by atoms with Crippen molar-refractivity contribution >= 4 is 34.0 Å². The van der Waals surface area contributed by atoms with Gasteiger partial charge in [-0.15, -0.1) is 0 Å². The molecule has 2 aromatic carbocycles. The van der Waals surface area contributed by atoms with Crippen molar-refractivity contribution in [3.63, 3.8) is 0 Å². The zero-order valence-corrected chi connectivity index (χ0v) is 14.3. The van der Waals surface area contributed by atoms with Crippen LogP contribution in [0.5, 0.6) is 0 Å². The summed E-state index contributed by atoms with van der Waals surface area (Å²) in [5.74, 6) is 0.871. The molecule has 3 rings (SSSR count). The molecule has 23 heavy (non-hydrogen) atoms. The highest BCUT2D eigenvalue weighted by atomic mass is 32.1. The van der Waals surface area contributed by atoms with Crippen molar-refractivity contribution in [2.24, 2.45) is 0 Å². The Morgan fingerprint density at radius 1 is 1.04 bits per heavy atom. The molecule has 0 amide bonds. The number of hydrogen-bond donors (Lipinski definition) is 2. The largest absolute Gasteiger partial charge is 0.459 e. The second-order valence-corrected chi connectivity index (χ2v) is 6.29. The highest BCUT2D eigenvalue weighted by Crippen LogP contribution is 2.23. The second kappa shape index (κ2) is 6.42. The summed E-state index contributed by atoms with van der Waals surface area (Å²) < 4.78 is 5.87. The summed E-state index contributed by atoms with van der Waals surface area (Å²) in [5, 5.41) is 8.20. The molecule has 0 aliphatic rings. The molecule has 2 N–H and O–H groups in total. The van der Waals surface area contributed by atoms with Gasteiger partial charge in [0.2, 0.25) is 0 Å². The molecule has 1 atom stereocenters. The van der Waals surface area contributed by atoms with Crippen LogP contribution in [0.3, 0.4) is 0 Å². The van der Waals surface area contributed by atoms with E-state index in [0.717, 1.165) is 22.4 Å². The van der Waals surface area contributed by atoms with Crippen LogP contribution >= 0.6 is 12.2 Å². The fourth-order valence-electron chi connectivity index (χ4n) is 2.70. The lowest BCUT2D eigenvalue weighted by atomic mass is 10.1. The fraction of sp³-hybridized carbons (Fsp3) is 0.211. The van der Waals surface area contributed by atoms with Gasteiger partial charge in [-0.25, -0.2) is 0 Å². The van der Waals surface area contributed by atoms with Crippen LogP contribution in [0.1, 0.15) is 29.9 Å². The molecule has 0 saturated heterocycles. The third-order valence-electron chi connectivity index (χ3n) is 3.70. The predicted molar refractivity (Wildman–Crippen MR) is 99.9 cm³/mol. The van der Waals surface area contributed by atoms with Crippen LogP contribution in [0.15, 0.2) is 52.9 Å². The average molecular weight is 324 g/mol. The Kier molecular flexibility index (Phi) is 4.35. The van der Waals surface area contributed by atoms with E-state index in [9.17, 15) is 0 Å². The van der Waals surface area contributed by atoms with Gasteiger partial charge >= 0.3 is 0 Å². The van der Waals surface area contributed by atoms with Gasteiger partial charge in [0.1, 0.15) is 11.3 Å². The first-order valence-corrected chi connectivity index (χ1v) is 8.06. The number of nitrogens with one attached hydrogen (secondary N) is 2. The van der Waals surface area contributed by atoms with Crippen molar-refractivity contribution in [3.8, 4) is 0 Å². The lowest BCUT2D eigenvalue weighted by Crippen LogP contribution is -2.30. The summed E-state index contributed by atoms with van der Waals surface area (Å²) in [6.07, 6.45) is 0. The molecular formula is C19H20N2OS. The molecule has 0 radical (unpaired) electrons. The van der Waals surface area contributed by atoms with Gasteiger partial charge in [0, 0.05) is 11.1 Å². The van der Waals surface area contributed by atoms with Crippen LogP contribution in [0.25, 0.3) is 11.0 Å². The standard InChI is InChI=1S/C19H20N2OS/c1-12-8-13(2)10-16(9-12)21-19(23)20-14(3)18-11-15-6-4-5-7-17(15)22-18/h4-11,14H,1-3H3,(H2,20,21,23)/t14-/m1/s1. The minimum absolute atomic E-state index is 0.00620. The van der Waals surface area contributed by atoms with E-state index < -0.39 is 0 Å². The first-order valence-electron chi connectivity index (χ1n) is 7.65. The molecule has 118 valence electrons. The lowest BCUT2D eigenvalue weighted by molar-refractivity contribution is 0.493. The smallest absolute Gasteiger partial charge is 0.171 e. The monoisotopic (exact) mass is 324 g/mol. The summed E-state index contributed by atoms with van der Waals surface area (Å²) in [4.78, 5) is 0. The maximum Gasteiger partial charge on any atom is 0.171 e. The van der Waals surface area contributed by atoms with Crippen molar-refractivity contribution in [1.82, 2.24) is 5.32 Å². The second-order valence-electron chi connectivity index (χ2n) is 5.88. The van der Waals surface area contributed by atoms with E-state index in [1.807, 2.05) is 37.3 Å². The molecule has 0 fully saturated rings. The lowest BCUT2D eigenvalue weighted by Gasteiger charge is -2.15. The Bertz CT molecular complexity index is 800. The van der Waals surface area contributed by atoms with E-state index in [4.69, 9.17) is 16.6 Å². The number of fused-ring (bicyclic) bond motifs is 1. The SMILES string of the molecule is Cc1cc(C)cc(NC(=S)N[C@H](C)c2cc3ccccc3o2)c1. The predicted octanol–water partition coefficient (Wildman–Crippen LogP) is 5.10. The van der Waals surface area contributed by atoms with Crippen LogP contribution < -0.4 is 10.6 Å². The number of furan rings is 1. The summed E-state index contributed by atoms with van der Waals surface area (Å²) in [6, 6.07) is 16.3. The van der Waals surface area contributed by atoms with Crippen molar-refractivity contribution in [3.05, 3.63) is 65.4 Å². The van der Waals surface area contributed by atoms with Gasteiger partial charge in [0.15, 0.2) is 5.11 Å². The van der Waals surface area contributed by atoms with E-state index in [-0.39, 0.29) is 6.04 Å². The van der Waals surface area contributed by atoms with Crippen LogP contribution in [0, 0.1) is 13.8 Å². The minimum atomic E-state index is -0.00620. The Balaban J connectivity index is 1.69. The van der Waals surface area contributed by atoms with E-state index in [1.54, 1.807) is 0 Å². The van der Waals surface area contributed by atoms with Crippen molar-refractivity contribution in [2.75, 3.05) is 5.32 Å². The molecule has 0 aliphatic heterocycles. The molecule has 4 heteroatoms.